The molecule has 0 saturated heterocycles. The van der Waals surface area contributed by atoms with Crippen LogP contribution in [0, 0.1) is 11.7 Å². The van der Waals surface area contributed by atoms with E-state index in [9.17, 15) is 14.0 Å². The number of benzene rings is 2. The Morgan fingerprint density at radius 2 is 1.81 bits per heavy atom. The van der Waals surface area contributed by atoms with Gasteiger partial charge in [-0.1, -0.05) is 31.4 Å². The highest BCUT2D eigenvalue weighted by Crippen LogP contribution is 2.30. The number of hydrogen-bond acceptors (Lipinski definition) is 3. The van der Waals surface area contributed by atoms with Gasteiger partial charge in [-0.25, -0.2) is 9.18 Å². The van der Waals surface area contributed by atoms with Crippen LogP contribution < -0.4 is 20.7 Å². The summed E-state index contributed by atoms with van der Waals surface area (Å²) in [6.45, 7) is 0.641. The summed E-state index contributed by atoms with van der Waals surface area (Å²) in [6, 6.07) is 11.6. The van der Waals surface area contributed by atoms with Crippen molar-refractivity contribution in [1.29, 1.82) is 0 Å². The van der Waals surface area contributed by atoms with E-state index in [1.54, 1.807) is 12.1 Å². The number of ether oxygens (including phenoxy) is 1. The lowest BCUT2D eigenvalue weighted by atomic mass is 9.95. The van der Waals surface area contributed by atoms with Gasteiger partial charge >= 0.3 is 6.03 Å². The molecule has 7 heteroatoms. The van der Waals surface area contributed by atoms with Crippen LogP contribution in [0.15, 0.2) is 42.5 Å². The van der Waals surface area contributed by atoms with Crippen LogP contribution in [-0.4, -0.2) is 24.6 Å². The summed E-state index contributed by atoms with van der Waals surface area (Å²) in [5, 5.41) is 8.83. The molecule has 0 radical (unpaired) electrons. The van der Waals surface area contributed by atoms with Gasteiger partial charge < -0.3 is 20.7 Å². The van der Waals surface area contributed by atoms with Crippen molar-refractivity contribution in [2.45, 2.75) is 51.1 Å². The Morgan fingerprint density at radius 1 is 1.03 bits per heavy atom. The molecule has 164 valence electrons. The normalized spacial score (nSPS) is 18.4. The molecular formula is C24H28FN3O3. The van der Waals surface area contributed by atoms with E-state index in [4.69, 9.17) is 4.74 Å². The van der Waals surface area contributed by atoms with Gasteiger partial charge in [-0.2, -0.15) is 0 Å². The molecular weight excluding hydrogens is 397 g/mol. The highest BCUT2D eigenvalue weighted by Gasteiger charge is 2.26. The Morgan fingerprint density at radius 3 is 2.58 bits per heavy atom. The molecule has 0 bridgehead atoms. The molecule has 3 amide bonds. The Balaban J connectivity index is 1.31. The van der Waals surface area contributed by atoms with Crippen LogP contribution in [0.2, 0.25) is 0 Å². The fourth-order valence-corrected chi connectivity index (χ4v) is 4.18. The van der Waals surface area contributed by atoms with Crippen molar-refractivity contribution in [3.8, 4) is 5.75 Å². The molecule has 1 atom stereocenters. The number of urea groups is 1. The molecule has 6 nitrogen and oxygen atoms in total. The molecule has 0 aromatic heterocycles. The van der Waals surface area contributed by atoms with E-state index in [0.717, 1.165) is 42.6 Å². The minimum absolute atomic E-state index is 0.108. The van der Waals surface area contributed by atoms with Gasteiger partial charge in [-0.15, -0.1) is 0 Å². The standard InChI is InChI=1S/C24H28FN3O3/c25-19-8-6-16(7-9-19)14-26-23(29)18-12-17-13-21(10-11-22(17)31-15-18)28-24(30)27-20-4-2-1-3-5-20/h6-11,13,18,20H,1-5,12,14-15H2,(H,26,29)(H2,27,28,30). The van der Waals surface area contributed by atoms with E-state index in [1.165, 1.54) is 18.6 Å². The average molecular weight is 426 g/mol. The maximum Gasteiger partial charge on any atom is 0.319 e. The van der Waals surface area contributed by atoms with E-state index < -0.39 is 0 Å². The third-order valence-electron chi connectivity index (χ3n) is 5.92. The first-order valence-electron chi connectivity index (χ1n) is 10.9. The number of amides is 3. The summed E-state index contributed by atoms with van der Waals surface area (Å²) in [6.07, 6.45) is 6.14. The lowest BCUT2D eigenvalue weighted by Crippen LogP contribution is -2.39. The Labute approximate surface area is 181 Å². The summed E-state index contributed by atoms with van der Waals surface area (Å²) in [4.78, 5) is 24.9. The topological polar surface area (TPSA) is 79.5 Å². The van der Waals surface area contributed by atoms with Crippen molar-refractivity contribution < 1.29 is 18.7 Å². The summed E-state index contributed by atoms with van der Waals surface area (Å²) < 4.78 is 18.8. The first kappa shape index (κ1) is 21.2. The van der Waals surface area contributed by atoms with Crippen LogP contribution in [0.1, 0.15) is 43.2 Å². The molecule has 2 aliphatic rings. The van der Waals surface area contributed by atoms with Gasteiger partial charge in [0, 0.05) is 18.3 Å². The first-order chi connectivity index (χ1) is 15.1. The maximum atomic E-state index is 13.0. The molecule has 1 aliphatic heterocycles. The zero-order valence-electron chi connectivity index (χ0n) is 17.5. The van der Waals surface area contributed by atoms with Gasteiger partial charge in [-0.05, 0) is 60.7 Å². The number of halogens is 1. The van der Waals surface area contributed by atoms with E-state index in [1.807, 2.05) is 18.2 Å². The lowest BCUT2D eigenvalue weighted by Gasteiger charge is -2.26. The van der Waals surface area contributed by atoms with Crippen LogP contribution in [-0.2, 0) is 17.8 Å². The average Bonchev–Trinajstić information content (AvgIpc) is 2.78. The summed E-state index contributed by atoms with van der Waals surface area (Å²) in [7, 11) is 0. The second-order valence-corrected chi connectivity index (χ2v) is 8.31. The quantitative estimate of drug-likeness (QED) is 0.673. The van der Waals surface area contributed by atoms with E-state index in [0.29, 0.717) is 25.3 Å². The Kier molecular flexibility index (Phi) is 6.70. The Hall–Kier alpha value is -3.09. The van der Waals surface area contributed by atoms with Crippen molar-refractivity contribution in [2.75, 3.05) is 11.9 Å². The van der Waals surface area contributed by atoms with Crippen molar-refractivity contribution in [3.63, 3.8) is 0 Å². The predicted octanol–water partition coefficient (Wildman–Crippen LogP) is 4.15. The number of carbonyl (C=O) groups is 2. The first-order valence-corrected chi connectivity index (χ1v) is 10.9. The summed E-state index contributed by atoms with van der Waals surface area (Å²) >= 11 is 0. The zero-order valence-corrected chi connectivity index (χ0v) is 17.5. The fraction of sp³-hybridized carbons (Fsp3) is 0.417. The van der Waals surface area contributed by atoms with Crippen LogP contribution in [0.5, 0.6) is 5.75 Å². The third-order valence-corrected chi connectivity index (χ3v) is 5.92. The highest BCUT2D eigenvalue weighted by molar-refractivity contribution is 5.89. The number of anilines is 1. The van der Waals surface area contributed by atoms with E-state index in [-0.39, 0.29) is 29.7 Å². The third kappa shape index (κ3) is 5.75. The minimum atomic E-state index is -0.320. The second-order valence-electron chi connectivity index (χ2n) is 8.31. The SMILES string of the molecule is O=C(Nc1ccc2c(c1)CC(C(=O)NCc1ccc(F)cc1)CO2)NC1CCCCC1. The van der Waals surface area contributed by atoms with Crippen molar-refractivity contribution in [1.82, 2.24) is 10.6 Å². The molecule has 2 aromatic carbocycles. The summed E-state index contributed by atoms with van der Waals surface area (Å²) in [5.74, 6) is 0.00710. The number of carbonyl (C=O) groups excluding carboxylic acids is 2. The molecule has 4 rings (SSSR count). The van der Waals surface area contributed by atoms with Crippen molar-refractivity contribution in [2.24, 2.45) is 5.92 Å². The minimum Gasteiger partial charge on any atom is -0.492 e. The molecule has 1 saturated carbocycles. The number of fused-ring (bicyclic) bond motifs is 1. The van der Waals surface area contributed by atoms with Crippen LogP contribution >= 0.6 is 0 Å². The molecule has 1 aliphatic carbocycles. The van der Waals surface area contributed by atoms with Crippen LogP contribution in [0.25, 0.3) is 0 Å². The maximum absolute atomic E-state index is 13.0. The summed E-state index contributed by atoms with van der Waals surface area (Å²) in [5.41, 5.74) is 2.41. The van der Waals surface area contributed by atoms with E-state index >= 15 is 0 Å². The highest BCUT2D eigenvalue weighted by atomic mass is 19.1. The fourth-order valence-electron chi connectivity index (χ4n) is 4.18. The van der Waals surface area contributed by atoms with E-state index in [2.05, 4.69) is 16.0 Å². The molecule has 0 spiro atoms. The van der Waals surface area contributed by atoms with Crippen molar-refractivity contribution >= 4 is 17.6 Å². The Bertz CT molecular complexity index is 926. The molecule has 1 unspecified atom stereocenters. The van der Waals surface area contributed by atoms with Gasteiger partial charge in [-0.3, -0.25) is 4.79 Å². The second kappa shape index (κ2) is 9.81. The molecule has 1 heterocycles. The van der Waals surface area contributed by atoms with Gasteiger partial charge in [0.05, 0.1) is 5.92 Å². The van der Waals surface area contributed by atoms with Crippen molar-refractivity contribution in [3.05, 3.63) is 59.4 Å². The zero-order chi connectivity index (χ0) is 21.6. The van der Waals surface area contributed by atoms with Gasteiger partial charge in [0.2, 0.25) is 5.91 Å². The number of hydrogen-bond donors (Lipinski definition) is 3. The van der Waals surface area contributed by atoms with Gasteiger partial charge in [0.1, 0.15) is 18.2 Å². The molecule has 3 N–H and O–H groups in total. The molecule has 2 aromatic rings. The van der Waals surface area contributed by atoms with Crippen LogP contribution in [0.3, 0.4) is 0 Å². The largest absolute Gasteiger partial charge is 0.492 e. The molecule has 31 heavy (non-hydrogen) atoms. The number of rotatable bonds is 5. The molecule has 1 fully saturated rings. The lowest BCUT2D eigenvalue weighted by molar-refractivity contribution is -0.126. The number of nitrogens with one attached hydrogen (secondary N) is 3. The van der Waals surface area contributed by atoms with Gasteiger partial charge in [0.15, 0.2) is 0 Å². The predicted molar refractivity (Wildman–Crippen MR) is 116 cm³/mol. The smallest absolute Gasteiger partial charge is 0.319 e. The monoisotopic (exact) mass is 425 g/mol. The van der Waals surface area contributed by atoms with Crippen LogP contribution in [0.4, 0.5) is 14.9 Å². The van der Waals surface area contributed by atoms with Gasteiger partial charge in [0.25, 0.3) is 0 Å².